The molecule has 5 atom stereocenters. The molecule has 2 saturated carbocycles. The zero-order chi connectivity index (χ0) is 15.9. The number of hydrogen-bond donors (Lipinski definition) is 0. The highest BCUT2D eigenvalue weighted by Crippen LogP contribution is 2.47. The topological polar surface area (TPSA) is 0 Å². The largest absolute Gasteiger partial charge is 0.0654 e. The van der Waals surface area contributed by atoms with Gasteiger partial charge in [0.1, 0.15) is 0 Å². The molecule has 0 amide bonds. The van der Waals surface area contributed by atoms with E-state index < -0.39 is 0 Å². The van der Waals surface area contributed by atoms with Crippen LogP contribution in [-0.2, 0) is 0 Å². The van der Waals surface area contributed by atoms with Crippen molar-refractivity contribution >= 4 is 0 Å². The van der Waals surface area contributed by atoms with E-state index in [-0.39, 0.29) is 0 Å². The summed E-state index contributed by atoms with van der Waals surface area (Å²) in [6.07, 6.45) is 17.9. The lowest BCUT2D eigenvalue weighted by Crippen LogP contribution is -2.34. The molecule has 0 saturated heterocycles. The van der Waals surface area contributed by atoms with E-state index in [0.29, 0.717) is 0 Å². The standard InChI is InChI=1S/C22H42/c1-5-11-17(3)20-15-14-18(4)22(16-20)21(6-2)19-12-9-7-8-10-13-19/h17-22H,5-16H2,1-4H3. The van der Waals surface area contributed by atoms with E-state index in [1.165, 1.54) is 70.6 Å². The molecule has 0 bridgehead atoms. The molecule has 2 aliphatic carbocycles. The molecule has 0 aromatic heterocycles. The smallest absolute Gasteiger partial charge is 0.0355 e. The summed E-state index contributed by atoms with van der Waals surface area (Å²) in [6.45, 7) is 9.96. The second-order valence-electron chi connectivity index (χ2n) is 8.80. The van der Waals surface area contributed by atoms with Crippen LogP contribution in [0.2, 0.25) is 0 Å². The van der Waals surface area contributed by atoms with Gasteiger partial charge < -0.3 is 0 Å². The molecule has 2 rings (SSSR count). The minimum Gasteiger partial charge on any atom is -0.0654 e. The Hall–Kier alpha value is 0. The van der Waals surface area contributed by atoms with Crippen LogP contribution in [0.4, 0.5) is 0 Å². The van der Waals surface area contributed by atoms with Crippen LogP contribution in [-0.4, -0.2) is 0 Å². The van der Waals surface area contributed by atoms with Crippen LogP contribution < -0.4 is 0 Å². The van der Waals surface area contributed by atoms with Gasteiger partial charge in [-0.05, 0) is 48.3 Å². The van der Waals surface area contributed by atoms with Crippen molar-refractivity contribution in [2.24, 2.45) is 35.5 Å². The van der Waals surface area contributed by atoms with Crippen molar-refractivity contribution in [1.29, 1.82) is 0 Å². The van der Waals surface area contributed by atoms with E-state index in [2.05, 4.69) is 27.7 Å². The van der Waals surface area contributed by atoms with Gasteiger partial charge in [0.2, 0.25) is 0 Å². The van der Waals surface area contributed by atoms with Gasteiger partial charge in [0, 0.05) is 0 Å². The van der Waals surface area contributed by atoms with Crippen molar-refractivity contribution in [3.05, 3.63) is 0 Å². The summed E-state index contributed by atoms with van der Waals surface area (Å²) < 4.78 is 0. The maximum atomic E-state index is 2.57. The van der Waals surface area contributed by atoms with Gasteiger partial charge in [-0.2, -0.15) is 0 Å². The molecule has 0 aliphatic heterocycles. The first-order valence-electron chi connectivity index (χ1n) is 10.7. The highest BCUT2D eigenvalue weighted by molar-refractivity contribution is 4.87. The van der Waals surface area contributed by atoms with Crippen molar-refractivity contribution in [3.8, 4) is 0 Å². The van der Waals surface area contributed by atoms with Gasteiger partial charge in [-0.15, -0.1) is 0 Å². The van der Waals surface area contributed by atoms with Gasteiger partial charge in [-0.1, -0.05) is 91.9 Å². The fraction of sp³-hybridized carbons (Fsp3) is 1.00. The van der Waals surface area contributed by atoms with Crippen LogP contribution in [0.1, 0.15) is 105 Å². The minimum absolute atomic E-state index is 0.964. The Morgan fingerprint density at radius 3 is 2.14 bits per heavy atom. The van der Waals surface area contributed by atoms with Crippen molar-refractivity contribution in [3.63, 3.8) is 0 Å². The lowest BCUT2D eigenvalue weighted by atomic mass is 9.62. The molecule has 0 heterocycles. The van der Waals surface area contributed by atoms with Crippen LogP contribution in [0.15, 0.2) is 0 Å². The number of hydrogen-bond acceptors (Lipinski definition) is 0. The van der Waals surface area contributed by atoms with E-state index in [1.807, 2.05) is 0 Å². The zero-order valence-electron chi connectivity index (χ0n) is 15.9. The maximum absolute atomic E-state index is 2.57. The van der Waals surface area contributed by atoms with E-state index in [4.69, 9.17) is 0 Å². The predicted octanol–water partition coefficient (Wildman–Crippen LogP) is 7.47. The SMILES string of the molecule is CCCC(C)C1CCC(C)C(C(CC)C2CCCCCC2)C1. The van der Waals surface area contributed by atoms with Crippen molar-refractivity contribution < 1.29 is 0 Å². The van der Waals surface area contributed by atoms with Crippen LogP contribution in [0.5, 0.6) is 0 Å². The third kappa shape index (κ3) is 4.75. The normalized spacial score (nSPS) is 34.1. The van der Waals surface area contributed by atoms with E-state index >= 15 is 0 Å². The Kier molecular flexibility index (Phi) is 7.78. The average Bonchev–Trinajstić information content (AvgIpc) is 2.79. The Morgan fingerprint density at radius 2 is 1.55 bits per heavy atom. The first-order valence-corrected chi connectivity index (χ1v) is 10.7. The van der Waals surface area contributed by atoms with Gasteiger partial charge >= 0.3 is 0 Å². The maximum Gasteiger partial charge on any atom is -0.0355 e. The van der Waals surface area contributed by atoms with Crippen LogP contribution >= 0.6 is 0 Å². The van der Waals surface area contributed by atoms with Gasteiger partial charge in [0.25, 0.3) is 0 Å². The quantitative estimate of drug-likeness (QED) is 0.446. The fourth-order valence-electron chi connectivity index (χ4n) is 5.92. The summed E-state index contributed by atoms with van der Waals surface area (Å²) in [5, 5.41) is 0. The second kappa shape index (κ2) is 9.33. The molecule has 130 valence electrons. The molecule has 0 N–H and O–H groups in total. The van der Waals surface area contributed by atoms with Crippen molar-refractivity contribution in [1.82, 2.24) is 0 Å². The summed E-state index contributed by atoms with van der Waals surface area (Å²) in [4.78, 5) is 0. The van der Waals surface area contributed by atoms with Gasteiger partial charge in [0.15, 0.2) is 0 Å². The molecule has 5 unspecified atom stereocenters. The lowest BCUT2D eigenvalue weighted by Gasteiger charge is -2.43. The molecular weight excluding hydrogens is 264 g/mol. The zero-order valence-corrected chi connectivity index (χ0v) is 15.9. The summed E-state index contributed by atoms with van der Waals surface area (Å²) in [7, 11) is 0. The minimum atomic E-state index is 0.964. The monoisotopic (exact) mass is 306 g/mol. The fourth-order valence-corrected chi connectivity index (χ4v) is 5.92. The van der Waals surface area contributed by atoms with Crippen LogP contribution in [0, 0.1) is 35.5 Å². The molecule has 0 heteroatoms. The highest BCUT2D eigenvalue weighted by Gasteiger charge is 2.37. The predicted molar refractivity (Wildman–Crippen MR) is 99.0 cm³/mol. The summed E-state index contributed by atoms with van der Waals surface area (Å²) >= 11 is 0. The molecule has 0 spiro atoms. The molecular formula is C22H42. The van der Waals surface area contributed by atoms with Gasteiger partial charge in [-0.3, -0.25) is 0 Å². The highest BCUT2D eigenvalue weighted by atomic mass is 14.4. The molecule has 0 aromatic carbocycles. The number of rotatable bonds is 6. The third-order valence-electron chi connectivity index (χ3n) is 7.37. The first-order chi connectivity index (χ1) is 10.7. The molecule has 0 aromatic rings. The Morgan fingerprint density at radius 1 is 0.864 bits per heavy atom. The molecule has 0 nitrogen and oxygen atoms in total. The van der Waals surface area contributed by atoms with E-state index in [0.717, 1.165) is 35.5 Å². The van der Waals surface area contributed by atoms with Crippen molar-refractivity contribution in [2.75, 3.05) is 0 Å². The Labute approximate surface area is 140 Å². The van der Waals surface area contributed by atoms with Gasteiger partial charge in [-0.25, -0.2) is 0 Å². The second-order valence-corrected chi connectivity index (χ2v) is 8.80. The summed E-state index contributed by atoms with van der Waals surface area (Å²) in [5.41, 5.74) is 0. The summed E-state index contributed by atoms with van der Waals surface area (Å²) in [6, 6.07) is 0. The molecule has 0 radical (unpaired) electrons. The average molecular weight is 307 g/mol. The Balaban J connectivity index is 2.01. The lowest BCUT2D eigenvalue weighted by molar-refractivity contribution is 0.0647. The first kappa shape index (κ1) is 18.3. The van der Waals surface area contributed by atoms with Crippen LogP contribution in [0.3, 0.4) is 0 Å². The van der Waals surface area contributed by atoms with E-state index in [1.54, 1.807) is 6.42 Å². The molecule has 2 aliphatic rings. The summed E-state index contributed by atoms with van der Waals surface area (Å²) in [5.74, 6) is 6.10. The van der Waals surface area contributed by atoms with Crippen molar-refractivity contribution in [2.45, 2.75) is 105 Å². The van der Waals surface area contributed by atoms with Gasteiger partial charge in [0.05, 0.1) is 0 Å². The van der Waals surface area contributed by atoms with Crippen LogP contribution in [0.25, 0.3) is 0 Å². The molecule has 2 fully saturated rings. The Bertz CT molecular complexity index is 286. The third-order valence-corrected chi connectivity index (χ3v) is 7.37. The van der Waals surface area contributed by atoms with E-state index in [9.17, 15) is 0 Å². The molecule has 22 heavy (non-hydrogen) atoms.